The van der Waals surface area contributed by atoms with Gasteiger partial charge in [-0.3, -0.25) is 4.90 Å². The summed E-state index contributed by atoms with van der Waals surface area (Å²) in [6, 6.07) is 12.1. The predicted molar refractivity (Wildman–Crippen MR) is 91.5 cm³/mol. The number of piperazine rings is 1. The van der Waals surface area contributed by atoms with Crippen molar-refractivity contribution >= 4 is 0 Å². The molecule has 2 rings (SSSR count). The highest BCUT2D eigenvalue weighted by Crippen LogP contribution is 2.29. The maximum Gasteiger partial charge on any atom is 0.0473 e. The Hall–Kier alpha value is -0.860. The van der Waals surface area contributed by atoms with E-state index in [1.165, 1.54) is 31.4 Å². The molecule has 118 valence electrons. The van der Waals surface area contributed by atoms with Gasteiger partial charge in [0, 0.05) is 25.2 Å². The molecule has 2 heteroatoms. The Labute approximate surface area is 130 Å². The molecule has 1 saturated heterocycles. The molecule has 0 aliphatic carbocycles. The number of rotatable bonds is 5. The molecule has 0 aromatic heterocycles. The lowest BCUT2D eigenvalue weighted by Crippen LogP contribution is -2.57. The van der Waals surface area contributed by atoms with E-state index in [2.05, 4.69) is 68.2 Å². The van der Waals surface area contributed by atoms with Crippen molar-refractivity contribution in [2.75, 3.05) is 19.6 Å². The van der Waals surface area contributed by atoms with Crippen LogP contribution in [0.2, 0.25) is 0 Å². The average molecular weight is 288 g/mol. The van der Waals surface area contributed by atoms with Gasteiger partial charge in [0.05, 0.1) is 0 Å². The summed E-state index contributed by atoms with van der Waals surface area (Å²) in [5, 5.41) is 3.79. The number of nitrogens with zero attached hydrogens (tertiary/aromatic N) is 1. The summed E-state index contributed by atoms with van der Waals surface area (Å²) in [5.41, 5.74) is 1.78. The van der Waals surface area contributed by atoms with Crippen LogP contribution in [0.25, 0.3) is 0 Å². The summed E-state index contributed by atoms with van der Waals surface area (Å²) >= 11 is 0. The van der Waals surface area contributed by atoms with Crippen molar-refractivity contribution in [3.63, 3.8) is 0 Å². The molecule has 1 N–H and O–H groups in total. The minimum Gasteiger partial charge on any atom is -0.310 e. The predicted octanol–water partition coefficient (Wildman–Crippen LogP) is 4.24. The average Bonchev–Trinajstić information content (AvgIpc) is 2.47. The van der Waals surface area contributed by atoms with Gasteiger partial charge in [0.1, 0.15) is 0 Å². The highest BCUT2D eigenvalue weighted by atomic mass is 15.2. The summed E-state index contributed by atoms with van der Waals surface area (Å²) in [5.74, 6) is 0. The van der Waals surface area contributed by atoms with Crippen molar-refractivity contribution in [2.45, 2.75) is 59.0 Å². The quantitative estimate of drug-likeness (QED) is 0.815. The van der Waals surface area contributed by atoms with E-state index < -0.39 is 0 Å². The first-order valence-corrected chi connectivity index (χ1v) is 8.54. The molecule has 1 aliphatic heterocycles. The molecule has 2 nitrogen and oxygen atoms in total. The second kappa shape index (κ2) is 7.42. The zero-order valence-electron chi connectivity index (χ0n) is 14.2. The lowest BCUT2D eigenvalue weighted by molar-refractivity contribution is 0.0838. The number of hydrogen-bond donors (Lipinski definition) is 1. The van der Waals surface area contributed by atoms with Crippen LogP contribution in [0.3, 0.4) is 0 Å². The molecule has 2 atom stereocenters. The van der Waals surface area contributed by atoms with Crippen LogP contribution in [0.15, 0.2) is 30.3 Å². The number of hydrogen-bond acceptors (Lipinski definition) is 2. The van der Waals surface area contributed by atoms with Gasteiger partial charge in [0.25, 0.3) is 0 Å². The van der Waals surface area contributed by atoms with Crippen LogP contribution in [-0.4, -0.2) is 30.6 Å². The molecule has 21 heavy (non-hydrogen) atoms. The number of benzene rings is 1. The normalized spacial score (nSPS) is 24.2. The van der Waals surface area contributed by atoms with Crippen molar-refractivity contribution in [3.05, 3.63) is 35.9 Å². The van der Waals surface area contributed by atoms with Crippen LogP contribution < -0.4 is 5.32 Å². The molecule has 0 radical (unpaired) electrons. The third-order valence-corrected chi connectivity index (χ3v) is 4.69. The highest BCUT2D eigenvalue weighted by Gasteiger charge is 2.34. The van der Waals surface area contributed by atoms with Crippen molar-refractivity contribution in [3.8, 4) is 0 Å². The standard InChI is InChI=1S/C19H32N2/c1-5-6-10-13-21-15-18(19(2,3)4)20-14-17(21)16-11-8-7-9-12-16/h7-9,11-12,17-18,20H,5-6,10,13-15H2,1-4H3. The van der Waals surface area contributed by atoms with Crippen LogP contribution in [0.5, 0.6) is 0 Å². The SMILES string of the molecule is CCCCCN1CC(C(C)(C)C)NCC1c1ccccc1. The highest BCUT2D eigenvalue weighted by molar-refractivity contribution is 5.20. The monoisotopic (exact) mass is 288 g/mol. The lowest BCUT2D eigenvalue weighted by atomic mass is 9.84. The van der Waals surface area contributed by atoms with E-state index in [1.54, 1.807) is 0 Å². The van der Waals surface area contributed by atoms with Crippen molar-refractivity contribution < 1.29 is 0 Å². The summed E-state index contributed by atoms with van der Waals surface area (Å²) < 4.78 is 0. The molecule has 2 unspecified atom stereocenters. The van der Waals surface area contributed by atoms with Gasteiger partial charge in [0.2, 0.25) is 0 Å². The van der Waals surface area contributed by atoms with Gasteiger partial charge in [-0.25, -0.2) is 0 Å². The Balaban J connectivity index is 2.08. The fraction of sp³-hybridized carbons (Fsp3) is 0.684. The van der Waals surface area contributed by atoms with Gasteiger partial charge in [-0.1, -0.05) is 70.9 Å². The molecule has 0 amide bonds. The zero-order chi connectivity index (χ0) is 15.3. The minimum atomic E-state index is 0.324. The van der Waals surface area contributed by atoms with E-state index in [0.717, 1.165) is 13.1 Å². The first-order valence-electron chi connectivity index (χ1n) is 8.54. The topological polar surface area (TPSA) is 15.3 Å². The Morgan fingerprint density at radius 2 is 1.86 bits per heavy atom. The Morgan fingerprint density at radius 3 is 2.48 bits per heavy atom. The second-order valence-corrected chi connectivity index (χ2v) is 7.46. The molecular formula is C19H32N2. The fourth-order valence-corrected chi connectivity index (χ4v) is 3.21. The molecule has 1 heterocycles. The molecule has 1 aromatic rings. The molecule has 0 spiro atoms. The zero-order valence-corrected chi connectivity index (χ0v) is 14.2. The first-order chi connectivity index (χ1) is 10.0. The fourth-order valence-electron chi connectivity index (χ4n) is 3.21. The van der Waals surface area contributed by atoms with Crippen LogP contribution in [0, 0.1) is 5.41 Å². The molecule has 1 aliphatic rings. The molecular weight excluding hydrogens is 256 g/mol. The smallest absolute Gasteiger partial charge is 0.0473 e. The van der Waals surface area contributed by atoms with Crippen LogP contribution >= 0.6 is 0 Å². The maximum absolute atomic E-state index is 3.79. The molecule has 0 bridgehead atoms. The largest absolute Gasteiger partial charge is 0.310 e. The maximum atomic E-state index is 3.79. The van der Waals surface area contributed by atoms with E-state index in [-0.39, 0.29) is 0 Å². The molecule has 1 aromatic carbocycles. The first kappa shape index (κ1) is 16.5. The third kappa shape index (κ3) is 4.55. The second-order valence-electron chi connectivity index (χ2n) is 7.46. The third-order valence-electron chi connectivity index (χ3n) is 4.69. The van der Waals surface area contributed by atoms with Crippen molar-refractivity contribution in [1.29, 1.82) is 0 Å². The van der Waals surface area contributed by atoms with Gasteiger partial charge in [-0.2, -0.15) is 0 Å². The van der Waals surface area contributed by atoms with Gasteiger partial charge in [0.15, 0.2) is 0 Å². The van der Waals surface area contributed by atoms with Crippen LogP contribution in [0.1, 0.15) is 58.6 Å². The Kier molecular flexibility index (Phi) is 5.83. The molecule has 0 saturated carbocycles. The number of unbranched alkanes of at least 4 members (excludes halogenated alkanes) is 2. The lowest BCUT2D eigenvalue weighted by Gasteiger charge is -2.45. The van der Waals surface area contributed by atoms with Crippen molar-refractivity contribution in [2.24, 2.45) is 5.41 Å². The minimum absolute atomic E-state index is 0.324. The number of nitrogens with one attached hydrogen (secondary N) is 1. The van der Waals surface area contributed by atoms with Crippen molar-refractivity contribution in [1.82, 2.24) is 10.2 Å². The van der Waals surface area contributed by atoms with Gasteiger partial charge in [-0.05, 0) is 23.9 Å². The Bertz CT molecular complexity index is 407. The van der Waals surface area contributed by atoms with Gasteiger partial charge in [-0.15, -0.1) is 0 Å². The van der Waals surface area contributed by atoms with Gasteiger partial charge >= 0.3 is 0 Å². The van der Waals surface area contributed by atoms with Crippen LogP contribution in [0.4, 0.5) is 0 Å². The van der Waals surface area contributed by atoms with E-state index in [1.807, 2.05) is 0 Å². The van der Waals surface area contributed by atoms with E-state index in [0.29, 0.717) is 17.5 Å². The summed E-state index contributed by atoms with van der Waals surface area (Å²) in [6.07, 6.45) is 3.95. The van der Waals surface area contributed by atoms with E-state index in [9.17, 15) is 0 Å². The van der Waals surface area contributed by atoms with Gasteiger partial charge < -0.3 is 5.32 Å². The molecule has 1 fully saturated rings. The van der Waals surface area contributed by atoms with E-state index in [4.69, 9.17) is 0 Å². The van der Waals surface area contributed by atoms with Crippen LogP contribution in [-0.2, 0) is 0 Å². The van der Waals surface area contributed by atoms with E-state index >= 15 is 0 Å². The summed E-state index contributed by atoms with van der Waals surface area (Å²) in [7, 11) is 0. The summed E-state index contributed by atoms with van der Waals surface area (Å²) in [6.45, 7) is 12.8. The summed E-state index contributed by atoms with van der Waals surface area (Å²) in [4.78, 5) is 2.71. The Morgan fingerprint density at radius 1 is 1.14 bits per heavy atom.